The van der Waals surface area contributed by atoms with Crippen molar-refractivity contribution in [3.05, 3.63) is 17.5 Å². The summed E-state index contributed by atoms with van der Waals surface area (Å²) in [6.07, 6.45) is 3.89. The molecule has 1 aliphatic heterocycles. The molecule has 0 radical (unpaired) electrons. The minimum absolute atomic E-state index is 0.104. The maximum absolute atomic E-state index is 12.8. The lowest BCUT2D eigenvalue weighted by molar-refractivity contribution is 0.0739. The Balaban J connectivity index is 2.20. The van der Waals surface area contributed by atoms with Crippen molar-refractivity contribution in [1.82, 2.24) is 14.7 Å². The van der Waals surface area contributed by atoms with E-state index in [4.69, 9.17) is 4.74 Å². The van der Waals surface area contributed by atoms with Gasteiger partial charge in [0.1, 0.15) is 0 Å². The number of nitrogens with zero attached hydrogens (tertiary/aromatic N) is 3. The van der Waals surface area contributed by atoms with E-state index in [-0.39, 0.29) is 11.8 Å². The fraction of sp³-hybridized carbons (Fsp3) is 0.750. The first-order chi connectivity index (χ1) is 10.1. The molecule has 1 aliphatic rings. The van der Waals surface area contributed by atoms with Gasteiger partial charge in [0, 0.05) is 38.9 Å². The van der Waals surface area contributed by atoms with Crippen LogP contribution in [-0.2, 0) is 11.8 Å². The fourth-order valence-corrected chi connectivity index (χ4v) is 2.75. The van der Waals surface area contributed by atoms with E-state index in [1.54, 1.807) is 4.68 Å². The molecule has 0 aromatic carbocycles. The van der Waals surface area contributed by atoms with Crippen LogP contribution < -0.4 is 0 Å². The first-order valence-corrected chi connectivity index (χ1v) is 7.97. The molecule has 5 heteroatoms. The molecule has 21 heavy (non-hydrogen) atoms. The molecule has 2 heterocycles. The number of amides is 1. The van der Waals surface area contributed by atoms with Crippen LogP contribution in [-0.4, -0.2) is 46.9 Å². The highest BCUT2D eigenvalue weighted by Gasteiger charge is 2.28. The summed E-state index contributed by atoms with van der Waals surface area (Å²) < 4.78 is 7.20. The Morgan fingerprint density at radius 3 is 2.90 bits per heavy atom. The average Bonchev–Trinajstić information content (AvgIpc) is 3.12. The summed E-state index contributed by atoms with van der Waals surface area (Å²) in [4.78, 5) is 14.8. The summed E-state index contributed by atoms with van der Waals surface area (Å²) in [6, 6.07) is 0. The van der Waals surface area contributed by atoms with Gasteiger partial charge in [-0.25, -0.2) is 0 Å². The van der Waals surface area contributed by atoms with Crippen molar-refractivity contribution in [1.29, 1.82) is 0 Å². The molecule has 2 atom stereocenters. The fourth-order valence-electron chi connectivity index (χ4n) is 2.75. The second-order valence-corrected chi connectivity index (χ2v) is 6.02. The first-order valence-electron chi connectivity index (χ1n) is 7.97. The summed E-state index contributed by atoms with van der Waals surface area (Å²) in [6.45, 7) is 9.36. The van der Waals surface area contributed by atoms with Gasteiger partial charge in [-0.05, 0) is 19.3 Å². The van der Waals surface area contributed by atoms with Gasteiger partial charge in [0.05, 0.1) is 17.9 Å². The van der Waals surface area contributed by atoms with Gasteiger partial charge in [-0.1, -0.05) is 20.3 Å². The molecular formula is C16H27N3O2. The van der Waals surface area contributed by atoms with Crippen molar-refractivity contribution >= 4 is 5.91 Å². The quantitative estimate of drug-likeness (QED) is 0.809. The molecule has 1 aromatic rings. The molecule has 5 nitrogen and oxygen atoms in total. The van der Waals surface area contributed by atoms with Crippen LogP contribution in [0.15, 0.2) is 6.20 Å². The van der Waals surface area contributed by atoms with Crippen LogP contribution in [0, 0.1) is 5.92 Å². The standard InChI is InChI=1S/C16H27N3O2/c1-5-12(3)9-19(6-2)16(20)14-10-18(4)17-15(14)13-7-8-21-11-13/h10,12-13H,5-9,11H2,1-4H3/t12-,13-/m0/s1. The third kappa shape index (κ3) is 3.64. The Bertz CT molecular complexity index is 478. The van der Waals surface area contributed by atoms with E-state index in [0.717, 1.165) is 43.8 Å². The predicted molar refractivity (Wildman–Crippen MR) is 82.4 cm³/mol. The number of hydrogen-bond acceptors (Lipinski definition) is 3. The van der Waals surface area contributed by atoms with E-state index in [2.05, 4.69) is 18.9 Å². The number of carbonyl (C=O) groups is 1. The Morgan fingerprint density at radius 1 is 1.57 bits per heavy atom. The average molecular weight is 293 g/mol. The predicted octanol–water partition coefficient (Wildman–Crippen LogP) is 2.43. The highest BCUT2D eigenvalue weighted by molar-refractivity contribution is 5.95. The van der Waals surface area contributed by atoms with Crippen molar-refractivity contribution in [2.24, 2.45) is 13.0 Å². The largest absolute Gasteiger partial charge is 0.381 e. The third-order valence-electron chi connectivity index (χ3n) is 4.30. The molecule has 1 saturated heterocycles. The highest BCUT2D eigenvalue weighted by atomic mass is 16.5. The van der Waals surface area contributed by atoms with Gasteiger partial charge in [0.2, 0.25) is 0 Å². The van der Waals surface area contributed by atoms with E-state index >= 15 is 0 Å². The van der Waals surface area contributed by atoms with Gasteiger partial charge in [-0.15, -0.1) is 0 Å². The first kappa shape index (κ1) is 16.0. The van der Waals surface area contributed by atoms with Gasteiger partial charge in [0.15, 0.2) is 0 Å². The van der Waals surface area contributed by atoms with E-state index in [1.807, 2.05) is 25.1 Å². The molecule has 1 aromatic heterocycles. The molecule has 118 valence electrons. The Kier molecular flexibility index (Phi) is 5.39. The van der Waals surface area contributed by atoms with Crippen molar-refractivity contribution in [3.63, 3.8) is 0 Å². The molecule has 0 spiro atoms. The maximum atomic E-state index is 12.8. The number of ether oxygens (including phenoxy) is 1. The molecule has 0 N–H and O–H groups in total. The molecule has 1 fully saturated rings. The van der Waals surface area contributed by atoms with Crippen LogP contribution >= 0.6 is 0 Å². The van der Waals surface area contributed by atoms with Crippen molar-refractivity contribution in [3.8, 4) is 0 Å². The zero-order valence-corrected chi connectivity index (χ0v) is 13.6. The van der Waals surface area contributed by atoms with E-state index < -0.39 is 0 Å². The monoisotopic (exact) mass is 293 g/mol. The van der Waals surface area contributed by atoms with E-state index in [9.17, 15) is 4.79 Å². The van der Waals surface area contributed by atoms with Crippen LogP contribution in [0.1, 0.15) is 55.6 Å². The minimum atomic E-state index is 0.104. The number of hydrogen-bond donors (Lipinski definition) is 0. The second kappa shape index (κ2) is 7.07. The summed E-state index contributed by atoms with van der Waals surface area (Å²) in [7, 11) is 1.88. The van der Waals surface area contributed by atoms with E-state index in [0.29, 0.717) is 12.5 Å². The van der Waals surface area contributed by atoms with E-state index in [1.165, 1.54) is 0 Å². The Hall–Kier alpha value is -1.36. The Labute approximate surface area is 127 Å². The number of aryl methyl sites for hydroxylation is 1. The number of rotatable bonds is 6. The lowest BCUT2D eigenvalue weighted by Crippen LogP contribution is -2.35. The number of aromatic nitrogens is 2. The third-order valence-corrected chi connectivity index (χ3v) is 4.30. The SMILES string of the molecule is CC[C@H](C)CN(CC)C(=O)c1cn(C)nc1[C@H]1CCOC1. The molecule has 0 unspecified atom stereocenters. The topological polar surface area (TPSA) is 47.4 Å². The van der Waals surface area contributed by atoms with Gasteiger partial charge in [0.25, 0.3) is 5.91 Å². The van der Waals surface area contributed by atoms with Crippen molar-refractivity contribution in [2.45, 2.75) is 39.5 Å². The van der Waals surface area contributed by atoms with Gasteiger partial charge < -0.3 is 9.64 Å². The summed E-state index contributed by atoms with van der Waals surface area (Å²) in [5, 5.41) is 4.52. The smallest absolute Gasteiger partial charge is 0.257 e. The highest BCUT2D eigenvalue weighted by Crippen LogP contribution is 2.27. The van der Waals surface area contributed by atoms with Crippen LogP contribution in [0.5, 0.6) is 0 Å². The molecule has 0 aliphatic carbocycles. The van der Waals surface area contributed by atoms with Crippen LogP contribution in [0.25, 0.3) is 0 Å². The minimum Gasteiger partial charge on any atom is -0.381 e. The Morgan fingerprint density at radius 2 is 2.33 bits per heavy atom. The normalized spacial score (nSPS) is 19.7. The molecule has 2 rings (SSSR count). The van der Waals surface area contributed by atoms with Gasteiger partial charge in [-0.2, -0.15) is 5.10 Å². The summed E-state index contributed by atoms with van der Waals surface area (Å²) >= 11 is 0. The molecular weight excluding hydrogens is 266 g/mol. The van der Waals surface area contributed by atoms with Gasteiger partial charge >= 0.3 is 0 Å². The van der Waals surface area contributed by atoms with Crippen molar-refractivity contribution < 1.29 is 9.53 Å². The van der Waals surface area contributed by atoms with Crippen LogP contribution in [0.4, 0.5) is 0 Å². The molecule has 1 amide bonds. The second-order valence-electron chi connectivity index (χ2n) is 6.02. The zero-order valence-electron chi connectivity index (χ0n) is 13.6. The lowest BCUT2D eigenvalue weighted by Gasteiger charge is -2.24. The molecule has 0 bridgehead atoms. The van der Waals surface area contributed by atoms with Gasteiger partial charge in [-0.3, -0.25) is 9.48 Å². The maximum Gasteiger partial charge on any atom is 0.257 e. The van der Waals surface area contributed by atoms with Crippen molar-refractivity contribution in [2.75, 3.05) is 26.3 Å². The lowest BCUT2D eigenvalue weighted by atomic mass is 10.00. The zero-order chi connectivity index (χ0) is 15.4. The summed E-state index contributed by atoms with van der Waals surface area (Å²) in [5.41, 5.74) is 1.65. The molecule has 0 saturated carbocycles. The van der Waals surface area contributed by atoms with Crippen LogP contribution in [0.2, 0.25) is 0 Å². The number of carbonyl (C=O) groups excluding carboxylic acids is 1. The summed E-state index contributed by atoms with van der Waals surface area (Å²) in [5.74, 6) is 0.879. The van der Waals surface area contributed by atoms with Crippen LogP contribution in [0.3, 0.4) is 0 Å².